The maximum absolute atomic E-state index is 13.4. The van der Waals surface area contributed by atoms with Gasteiger partial charge in [0.25, 0.3) is 0 Å². The number of aliphatic hydroxyl groups excluding tert-OH is 1. The second-order valence-corrected chi connectivity index (χ2v) is 4.39. The van der Waals surface area contributed by atoms with Gasteiger partial charge in [-0.05, 0) is 19.4 Å². The molecule has 1 rings (SSSR count). The molecule has 0 spiro atoms. The third kappa shape index (κ3) is 3.93. The maximum atomic E-state index is 13.4. The standard InChI is InChI=1S/C14H21FO/c1-3-4-5-6-7-14(16)12-10-11(2)8-9-13(12)15/h8-10,14,16H,3-7H2,1-2H3. The number of rotatable bonds is 6. The summed E-state index contributed by atoms with van der Waals surface area (Å²) in [6.07, 6.45) is 4.43. The Morgan fingerprint density at radius 3 is 2.69 bits per heavy atom. The quantitative estimate of drug-likeness (QED) is 0.720. The molecule has 0 saturated heterocycles. The summed E-state index contributed by atoms with van der Waals surface area (Å²) in [5.74, 6) is -0.298. The van der Waals surface area contributed by atoms with Gasteiger partial charge in [0.1, 0.15) is 5.82 Å². The zero-order valence-electron chi connectivity index (χ0n) is 10.2. The summed E-state index contributed by atoms with van der Waals surface area (Å²) in [6.45, 7) is 4.06. The van der Waals surface area contributed by atoms with Gasteiger partial charge in [0.15, 0.2) is 0 Å². The van der Waals surface area contributed by atoms with Gasteiger partial charge in [-0.1, -0.05) is 50.3 Å². The smallest absolute Gasteiger partial charge is 0.129 e. The summed E-state index contributed by atoms with van der Waals surface area (Å²) in [4.78, 5) is 0. The van der Waals surface area contributed by atoms with Gasteiger partial charge >= 0.3 is 0 Å². The van der Waals surface area contributed by atoms with Crippen molar-refractivity contribution in [1.82, 2.24) is 0 Å². The summed E-state index contributed by atoms with van der Waals surface area (Å²) in [7, 11) is 0. The molecule has 1 unspecified atom stereocenters. The molecule has 0 bridgehead atoms. The van der Waals surface area contributed by atoms with Crippen molar-refractivity contribution in [2.45, 2.75) is 52.1 Å². The van der Waals surface area contributed by atoms with Crippen molar-refractivity contribution >= 4 is 0 Å². The van der Waals surface area contributed by atoms with Gasteiger partial charge < -0.3 is 5.11 Å². The van der Waals surface area contributed by atoms with E-state index in [1.807, 2.05) is 6.92 Å². The Hall–Kier alpha value is -0.890. The molecule has 0 amide bonds. The molecule has 0 aliphatic rings. The van der Waals surface area contributed by atoms with Crippen LogP contribution in [0.5, 0.6) is 0 Å². The van der Waals surface area contributed by atoms with Gasteiger partial charge in [0.2, 0.25) is 0 Å². The molecule has 90 valence electrons. The van der Waals surface area contributed by atoms with Gasteiger partial charge in [-0.25, -0.2) is 4.39 Å². The Bertz CT molecular complexity index is 323. The minimum absolute atomic E-state index is 0.298. The normalized spacial score (nSPS) is 12.8. The highest BCUT2D eigenvalue weighted by molar-refractivity contribution is 5.25. The number of benzene rings is 1. The highest BCUT2D eigenvalue weighted by atomic mass is 19.1. The van der Waals surface area contributed by atoms with Crippen molar-refractivity contribution in [2.75, 3.05) is 0 Å². The molecule has 0 radical (unpaired) electrons. The van der Waals surface area contributed by atoms with E-state index in [1.165, 1.54) is 18.9 Å². The summed E-state index contributed by atoms with van der Waals surface area (Å²) >= 11 is 0. The first-order chi connectivity index (χ1) is 7.65. The van der Waals surface area contributed by atoms with Gasteiger partial charge in [-0.15, -0.1) is 0 Å². The summed E-state index contributed by atoms with van der Waals surface area (Å²) < 4.78 is 13.4. The number of hydrogen-bond acceptors (Lipinski definition) is 1. The van der Waals surface area contributed by atoms with Crippen molar-refractivity contribution in [2.24, 2.45) is 0 Å². The zero-order valence-corrected chi connectivity index (χ0v) is 10.2. The number of hydrogen-bond donors (Lipinski definition) is 1. The average Bonchev–Trinajstić information content (AvgIpc) is 2.27. The van der Waals surface area contributed by atoms with E-state index >= 15 is 0 Å². The lowest BCUT2D eigenvalue weighted by Crippen LogP contribution is -2.01. The lowest BCUT2D eigenvalue weighted by atomic mass is 10.0. The highest BCUT2D eigenvalue weighted by Crippen LogP contribution is 2.23. The molecule has 0 saturated carbocycles. The fourth-order valence-corrected chi connectivity index (χ4v) is 1.84. The lowest BCUT2D eigenvalue weighted by Gasteiger charge is -2.12. The van der Waals surface area contributed by atoms with Crippen LogP contribution in [0.4, 0.5) is 4.39 Å². The van der Waals surface area contributed by atoms with Crippen molar-refractivity contribution in [3.05, 3.63) is 35.1 Å². The minimum atomic E-state index is -0.656. The first-order valence-electron chi connectivity index (χ1n) is 6.09. The largest absolute Gasteiger partial charge is 0.388 e. The van der Waals surface area contributed by atoms with E-state index in [0.29, 0.717) is 12.0 Å². The molecule has 0 fully saturated rings. The summed E-state index contributed by atoms with van der Waals surface area (Å²) in [5.41, 5.74) is 1.43. The van der Waals surface area contributed by atoms with Crippen molar-refractivity contribution < 1.29 is 9.50 Å². The SMILES string of the molecule is CCCCCCC(O)c1cc(C)ccc1F. The molecule has 0 heterocycles. The molecule has 2 heteroatoms. The predicted molar refractivity (Wildman–Crippen MR) is 64.9 cm³/mol. The molecule has 16 heavy (non-hydrogen) atoms. The van der Waals surface area contributed by atoms with Crippen molar-refractivity contribution in [3.63, 3.8) is 0 Å². The number of aryl methyl sites for hydroxylation is 1. The molecular formula is C14H21FO. The van der Waals surface area contributed by atoms with Crippen molar-refractivity contribution in [1.29, 1.82) is 0 Å². The molecule has 1 aromatic carbocycles. The Kier molecular flexibility index (Phi) is 5.47. The third-order valence-electron chi connectivity index (χ3n) is 2.84. The van der Waals surface area contributed by atoms with Crippen molar-refractivity contribution in [3.8, 4) is 0 Å². The predicted octanol–water partition coefficient (Wildman–Crippen LogP) is 4.14. The third-order valence-corrected chi connectivity index (χ3v) is 2.84. The van der Waals surface area contributed by atoms with Crippen LogP contribution in [0.15, 0.2) is 18.2 Å². The Labute approximate surface area is 97.3 Å². The molecular weight excluding hydrogens is 203 g/mol. The minimum Gasteiger partial charge on any atom is -0.388 e. The molecule has 1 N–H and O–H groups in total. The second-order valence-electron chi connectivity index (χ2n) is 4.39. The molecule has 0 aliphatic heterocycles. The van der Waals surface area contributed by atoms with Crippen LogP contribution in [0, 0.1) is 12.7 Å². The van der Waals surface area contributed by atoms with Gasteiger partial charge in [-0.2, -0.15) is 0 Å². The second kappa shape index (κ2) is 6.64. The molecule has 1 atom stereocenters. The number of unbranched alkanes of at least 4 members (excludes halogenated alkanes) is 3. The van der Waals surface area contributed by atoms with Crippen LogP contribution in [0.25, 0.3) is 0 Å². The van der Waals surface area contributed by atoms with Gasteiger partial charge in [0.05, 0.1) is 6.10 Å². The van der Waals surface area contributed by atoms with Gasteiger partial charge in [-0.3, -0.25) is 0 Å². The van der Waals surface area contributed by atoms with E-state index in [9.17, 15) is 9.50 Å². The van der Waals surface area contributed by atoms with E-state index in [1.54, 1.807) is 12.1 Å². The Morgan fingerprint density at radius 1 is 1.25 bits per heavy atom. The zero-order chi connectivity index (χ0) is 12.0. The van der Waals surface area contributed by atoms with E-state index < -0.39 is 6.10 Å². The molecule has 0 aromatic heterocycles. The summed E-state index contributed by atoms with van der Waals surface area (Å²) in [5, 5.41) is 9.89. The fraction of sp³-hybridized carbons (Fsp3) is 0.571. The number of aliphatic hydroxyl groups is 1. The Balaban J connectivity index is 2.51. The van der Waals surface area contributed by atoms with Crippen LogP contribution in [-0.2, 0) is 0 Å². The first kappa shape index (κ1) is 13.2. The average molecular weight is 224 g/mol. The highest BCUT2D eigenvalue weighted by Gasteiger charge is 2.12. The molecule has 0 aliphatic carbocycles. The lowest BCUT2D eigenvalue weighted by molar-refractivity contribution is 0.159. The fourth-order valence-electron chi connectivity index (χ4n) is 1.84. The van der Waals surface area contributed by atoms with Crippen LogP contribution >= 0.6 is 0 Å². The number of halogens is 1. The van der Waals surface area contributed by atoms with Gasteiger partial charge in [0, 0.05) is 5.56 Å². The van der Waals surface area contributed by atoms with Crippen LogP contribution in [-0.4, -0.2) is 5.11 Å². The molecule has 1 nitrogen and oxygen atoms in total. The van der Waals surface area contributed by atoms with Crippen LogP contribution in [0.3, 0.4) is 0 Å². The Morgan fingerprint density at radius 2 is 2.00 bits per heavy atom. The maximum Gasteiger partial charge on any atom is 0.129 e. The van der Waals surface area contributed by atoms with E-state index in [4.69, 9.17) is 0 Å². The van der Waals surface area contributed by atoms with Crippen LogP contribution in [0.2, 0.25) is 0 Å². The van der Waals surface area contributed by atoms with E-state index in [0.717, 1.165) is 18.4 Å². The van der Waals surface area contributed by atoms with Crippen LogP contribution in [0.1, 0.15) is 56.3 Å². The monoisotopic (exact) mass is 224 g/mol. The first-order valence-corrected chi connectivity index (χ1v) is 6.09. The molecule has 1 aromatic rings. The topological polar surface area (TPSA) is 20.2 Å². The van der Waals surface area contributed by atoms with E-state index in [2.05, 4.69) is 6.92 Å². The van der Waals surface area contributed by atoms with E-state index in [-0.39, 0.29) is 5.82 Å². The van der Waals surface area contributed by atoms with Crippen LogP contribution < -0.4 is 0 Å². The summed E-state index contributed by atoms with van der Waals surface area (Å²) in [6, 6.07) is 4.89.